The molecule has 2 rings (SSSR count). The molecule has 0 aliphatic heterocycles. The Hall–Kier alpha value is -2.33. The van der Waals surface area contributed by atoms with Gasteiger partial charge in [-0.25, -0.2) is 0 Å². The molecule has 4 heteroatoms. The van der Waals surface area contributed by atoms with Crippen LogP contribution in [0.3, 0.4) is 0 Å². The van der Waals surface area contributed by atoms with E-state index in [0.29, 0.717) is 6.61 Å². The molecule has 0 saturated heterocycles. The van der Waals surface area contributed by atoms with Gasteiger partial charge in [0.1, 0.15) is 5.75 Å². The predicted molar refractivity (Wildman–Crippen MR) is 90.2 cm³/mol. The van der Waals surface area contributed by atoms with Crippen LogP contribution < -0.4 is 10.1 Å². The maximum Gasteiger partial charge on any atom is 0.223 e. The zero-order chi connectivity index (χ0) is 16.7. The van der Waals surface area contributed by atoms with E-state index >= 15 is 0 Å². The van der Waals surface area contributed by atoms with Crippen molar-refractivity contribution in [3.8, 4) is 5.75 Å². The normalized spacial score (nSPS) is 13.2. The first-order chi connectivity index (χ1) is 11.1. The van der Waals surface area contributed by atoms with Crippen LogP contribution in [-0.2, 0) is 4.79 Å². The van der Waals surface area contributed by atoms with Crippen molar-refractivity contribution < 1.29 is 14.6 Å². The fourth-order valence-corrected chi connectivity index (χ4v) is 2.37. The Morgan fingerprint density at radius 3 is 2.35 bits per heavy atom. The van der Waals surface area contributed by atoms with Gasteiger partial charge in [-0.15, -0.1) is 0 Å². The Balaban J connectivity index is 1.89. The van der Waals surface area contributed by atoms with Crippen LogP contribution in [0.5, 0.6) is 5.75 Å². The first kappa shape index (κ1) is 17.0. The molecule has 0 radical (unpaired) electrons. The average Bonchev–Trinajstić information content (AvgIpc) is 2.56. The van der Waals surface area contributed by atoms with E-state index in [-0.39, 0.29) is 18.4 Å². The van der Waals surface area contributed by atoms with Crippen LogP contribution in [0.4, 0.5) is 0 Å². The zero-order valence-electron chi connectivity index (χ0n) is 13.5. The Morgan fingerprint density at radius 1 is 1.09 bits per heavy atom. The Morgan fingerprint density at radius 2 is 1.74 bits per heavy atom. The predicted octanol–water partition coefficient (Wildman–Crippen LogP) is 3.39. The smallest absolute Gasteiger partial charge is 0.223 e. The molecule has 122 valence electrons. The molecular formula is C19H23NO3. The summed E-state index contributed by atoms with van der Waals surface area (Å²) in [5.74, 6) is 0.636. The minimum Gasteiger partial charge on any atom is -0.494 e. The third-order valence-corrected chi connectivity index (χ3v) is 3.63. The fourth-order valence-electron chi connectivity index (χ4n) is 2.37. The van der Waals surface area contributed by atoms with Gasteiger partial charge in [0.05, 0.1) is 25.2 Å². The van der Waals surface area contributed by atoms with Crippen molar-refractivity contribution in [1.82, 2.24) is 5.32 Å². The maximum atomic E-state index is 12.1. The van der Waals surface area contributed by atoms with Crippen molar-refractivity contribution in [2.24, 2.45) is 0 Å². The lowest BCUT2D eigenvalue weighted by Gasteiger charge is -2.17. The second-order valence-corrected chi connectivity index (χ2v) is 5.42. The molecule has 0 bridgehead atoms. The Bertz CT molecular complexity index is 610. The number of hydrogen-bond acceptors (Lipinski definition) is 3. The molecule has 0 aliphatic carbocycles. The highest BCUT2D eigenvalue weighted by atomic mass is 16.5. The molecule has 2 atom stereocenters. The largest absolute Gasteiger partial charge is 0.494 e. The maximum absolute atomic E-state index is 12.1. The highest BCUT2D eigenvalue weighted by Gasteiger charge is 2.15. The van der Waals surface area contributed by atoms with Crippen molar-refractivity contribution in [3.63, 3.8) is 0 Å². The van der Waals surface area contributed by atoms with Crippen molar-refractivity contribution in [2.45, 2.75) is 32.4 Å². The summed E-state index contributed by atoms with van der Waals surface area (Å²) in [6, 6.07) is 16.7. The number of hydrogen-bond donors (Lipinski definition) is 2. The number of amides is 1. The second kappa shape index (κ2) is 8.34. The summed E-state index contributed by atoms with van der Waals surface area (Å²) in [4.78, 5) is 12.1. The Kier molecular flexibility index (Phi) is 6.18. The third-order valence-electron chi connectivity index (χ3n) is 3.63. The molecule has 0 aromatic heterocycles. The van der Waals surface area contributed by atoms with Gasteiger partial charge in [0.25, 0.3) is 0 Å². The van der Waals surface area contributed by atoms with E-state index in [1.807, 2.05) is 68.4 Å². The number of nitrogens with one attached hydrogen (secondary N) is 1. The highest BCUT2D eigenvalue weighted by molar-refractivity contribution is 5.77. The van der Waals surface area contributed by atoms with Crippen molar-refractivity contribution in [2.75, 3.05) is 6.61 Å². The zero-order valence-corrected chi connectivity index (χ0v) is 13.5. The first-order valence-corrected chi connectivity index (χ1v) is 7.85. The molecule has 2 aromatic carbocycles. The van der Waals surface area contributed by atoms with E-state index in [0.717, 1.165) is 16.9 Å². The third kappa shape index (κ3) is 5.11. The summed E-state index contributed by atoms with van der Waals surface area (Å²) in [7, 11) is 0. The molecule has 23 heavy (non-hydrogen) atoms. The van der Waals surface area contributed by atoms with Crippen LogP contribution >= 0.6 is 0 Å². The van der Waals surface area contributed by atoms with Crippen LogP contribution in [0.25, 0.3) is 0 Å². The Labute approximate surface area is 137 Å². The minimum atomic E-state index is -0.788. The molecule has 0 aliphatic rings. The lowest BCUT2D eigenvalue weighted by atomic mass is 10.1. The number of aliphatic hydroxyl groups excluding tert-OH is 1. The molecule has 4 nitrogen and oxygen atoms in total. The highest BCUT2D eigenvalue weighted by Crippen LogP contribution is 2.19. The van der Waals surface area contributed by atoms with Gasteiger partial charge >= 0.3 is 0 Å². The summed E-state index contributed by atoms with van der Waals surface area (Å²) >= 11 is 0. The number of carbonyl (C=O) groups excluding carboxylic acids is 1. The van der Waals surface area contributed by atoms with E-state index in [4.69, 9.17) is 4.74 Å². The number of aliphatic hydroxyl groups is 1. The molecule has 2 unspecified atom stereocenters. The van der Waals surface area contributed by atoms with Crippen LogP contribution in [-0.4, -0.2) is 17.6 Å². The van der Waals surface area contributed by atoms with Crippen LogP contribution in [0.2, 0.25) is 0 Å². The fraction of sp³-hybridized carbons (Fsp3) is 0.316. The van der Waals surface area contributed by atoms with Gasteiger partial charge in [0.15, 0.2) is 0 Å². The molecule has 0 spiro atoms. The first-order valence-electron chi connectivity index (χ1n) is 7.85. The molecule has 2 aromatic rings. The molecule has 2 N–H and O–H groups in total. The summed E-state index contributed by atoms with van der Waals surface area (Å²) in [5.41, 5.74) is 1.74. The molecule has 0 saturated carbocycles. The monoisotopic (exact) mass is 313 g/mol. The van der Waals surface area contributed by atoms with Crippen molar-refractivity contribution in [1.29, 1.82) is 0 Å². The molecule has 0 heterocycles. The van der Waals surface area contributed by atoms with Crippen molar-refractivity contribution >= 4 is 5.91 Å². The summed E-state index contributed by atoms with van der Waals surface area (Å²) in [6.07, 6.45) is -0.741. The van der Waals surface area contributed by atoms with E-state index in [9.17, 15) is 9.90 Å². The average molecular weight is 313 g/mol. The molecule has 0 fully saturated rings. The van der Waals surface area contributed by atoms with E-state index < -0.39 is 6.10 Å². The van der Waals surface area contributed by atoms with Crippen LogP contribution in [0.15, 0.2) is 54.6 Å². The van der Waals surface area contributed by atoms with Crippen molar-refractivity contribution in [3.05, 3.63) is 65.7 Å². The SMILES string of the molecule is CCOc1ccc(C(C)NC(=O)CC(O)c2ccccc2)cc1. The second-order valence-electron chi connectivity index (χ2n) is 5.42. The summed E-state index contributed by atoms with van der Waals surface area (Å²) in [6.45, 7) is 4.49. The minimum absolute atomic E-state index is 0.0470. The topological polar surface area (TPSA) is 58.6 Å². The van der Waals surface area contributed by atoms with Gasteiger partial charge in [0.2, 0.25) is 5.91 Å². The van der Waals surface area contributed by atoms with Crippen LogP contribution in [0, 0.1) is 0 Å². The van der Waals surface area contributed by atoms with Crippen LogP contribution in [0.1, 0.15) is 43.5 Å². The summed E-state index contributed by atoms with van der Waals surface area (Å²) < 4.78 is 5.40. The van der Waals surface area contributed by atoms with Gasteiger partial charge in [-0.3, -0.25) is 4.79 Å². The van der Waals surface area contributed by atoms with Gasteiger partial charge < -0.3 is 15.2 Å². The number of carbonyl (C=O) groups is 1. The lowest BCUT2D eigenvalue weighted by molar-refractivity contribution is -0.123. The van der Waals surface area contributed by atoms with Gasteiger partial charge in [-0.1, -0.05) is 42.5 Å². The number of benzene rings is 2. The van der Waals surface area contributed by atoms with E-state index in [1.165, 1.54) is 0 Å². The standard InChI is InChI=1S/C19H23NO3/c1-3-23-17-11-9-15(10-12-17)14(2)20-19(22)13-18(21)16-7-5-4-6-8-16/h4-12,14,18,21H,3,13H2,1-2H3,(H,20,22). The van der Waals surface area contributed by atoms with E-state index in [1.54, 1.807) is 0 Å². The molecule has 1 amide bonds. The quantitative estimate of drug-likeness (QED) is 0.824. The number of ether oxygens (including phenoxy) is 1. The van der Waals surface area contributed by atoms with E-state index in [2.05, 4.69) is 5.32 Å². The van der Waals surface area contributed by atoms with Gasteiger partial charge in [0, 0.05) is 0 Å². The summed E-state index contributed by atoms with van der Waals surface area (Å²) in [5, 5.41) is 13.0. The van der Waals surface area contributed by atoms with Gasteiger partial charge in [-0.05, 0) is 37.1 Å². The number of rotatable bonds is 7. The van der Waals surface area contributed by atoms with Gasteiger partial charge in [-0.2, -0.15) is 0 Å². The molecular weight excluding hydrogens is 290 g/mol. The lowest BCUT2D eigenvalue weighted by Crippen LogP contribution is -2.27.